The first kappa shape index (κ1) is 11.1. The molecule has 1 aliphatic carbocycles. The van der Waals surface area contributed by atoms with Crippen molar-refractivity contribution in [1.82, 2.24) is 4.90 Å². The summed E-state index contributed by atoms with van der Waals surface area (Å²) in [5, 5.41) is 0. The number of nitrogens with zero attached hydrogens (tertiary/aromatic N) is 1. The third-order valence-corrected chi connectivity index (χ3v) is 3.86. The van der Waals surface area contributed by atoms with E-state index in [0.29, 0.717) is 11.7 Å². The van der Waals surface area contributed by atoms with Crippen molar-refractivity contribution in [3.63, 3.8) is 0 Å². The van der Waals surface area contributed by atoms with Gasteiger partial charge >= 0.3 is 0 Å². The van der Waals surface area contributed by atoms with Crippen LogP contribution in [-0.2, 0) is 4.79 Å². The van der Waals surface area contributed by atoms with Gasteiger partial charge in [0.2, 0.25) is 0 Å². The van der Waals surface area contributed by atoms with E-state index in [1.807, 2.05) is 0 Å². The van der Waals surface area contributed by atoms with Crippen molar-refractivity contribution in [3.8, 4) is 0 Å². The largest absolute Gasteiger partial charge is 0.303 e. The second kappa shape index (κ2) is 5.64. The Kier molecular flexibility index (Phi) is 4.18. The number of likely N-dealkylation sites (tertiary alicyclic amines) is 1. The summed E-state index contributed by atoms with van der Waals surface area (Å²) in [4.78, 5) is 14.3. The summed E-state index contributed by atoms with van der Waals surface area (Å²) in [6.07, 6.45) is 9.83. The number of carbonyl (C=O) groups is 1. The van der Waals surface area contributed by atoms with Crippen molar-refractivity contribution in [2.75, 3.05) is 19.6 Å². The van der Waals surface area contributed by atoms with Gasteiger partial charge in [-0.05, 0) is 38.8 Å². The lowest BCUT2D eigenvalue weighted by Gasteiger charge is -2.27. The minimum atomic E-state index is 0.372. The van der Waals surface area contributed by atoms with Crippen LogP contribution in [0.25, 0.3) is 0 Å². The van der Waals surface area contributed by atoms with Gasteiger partial charge in [-0.2, -0.15) is 0 Å². The van der Waals surface area contributed by atoms with Gasteiger partial charge in [0.05, 0.1) is 0 Å². The maximum atomic E-state index is 11.7. The zero-order valence-electron chi connectivity index (χ0n) is 9.71. The van der Waals surface area contributed by atoms with Crippen LogP contribution in [0.5, 0.6) is 0 Å². The topological polar surface area (TPSA) is 20.3 Å². The number of hydrogen-bond acceptors (Lipinski definition) is 2. The van der Waals surface area contributed by atoms with Gasteiger partial charge in [-0.15, -0.1) is 0 Å². The summed E-state index contributed by atoms with van der Waals surface area (Å²) in [5.74, 6) is 0.905. The van der Waals surface area contributed by atoms with Crippen LogP contribution in [0.3, 0.4) is 0 Å². The molecule has 86 valence electrons. The van der Waals surface area contributed by atoms with Crippen molar-refractivity contribution in [2.45, 2.75) is 51.4 Å². The zero-order valence-corrected chi connectivity index (χ0v) is 9.71. The lowest BCUT2D eigenvalue weighted by Crippen LogP contribution is -2.35. The van der Waals surface area contributed by atoms with Gasteiger partial charge in [-0.25, -0.2) is 0 Å². The molecular formula is C13H23NO. The van der Waals surface area contributed by atoms with Gasteiger partial charge in [-0.1, -0.05) is 19.3 Å². The number of rotatable bonds is 2. The third kappa shape index (κ3) is 3.30. The van der Waals surface area contributed by atoms with E-state index in [0.717, 1.165) is 25.8 Å². The molecule has 0 aromatic heterocycles. The Bertz CT molecular complexity index is 207. The Morgan fingerprint density at radius 1 is 1.00 bits per heavy atom. The Hall–Kier alpha value is -0.370. The minimum Gasteiger partial charge on any atom is -0.303 e. The number of ketones is 1. The van der Waals surface area contributed by atoms with Crippen LogP contribution in [0.4, 0.5) is 0 Å². The second-order valence-corrected chi connectivity index (χ2v) is 5.12. The van der Waals surface area contributed by atoms with Gasteiger partial charge < -0.3 is 4.90 Å². The third-order valence-electron chi connectivity index (χ3n) is 3.86. The molecule has 1 saturated heterocycles. The SMILES string of the molecule is O=C1CCCC[C@H]1CN1CCCCCC1. The molecule has 0 aromatic carbocycles. The van der Waals surface area contributed by atoms with Crippen LogP contribution in [0.15, 0.2) is 0 Å². The molecule has 0 spiro atoms. The molecule has 2 heteroatoms. The Balaban J connectivity index is 1.80. The fourth-order valence-electron chi connectivity index (χ4n) is 2.88. The highest BCUT2D eigenvalue weighted by Crippen LogP contribution is 2.22. The van der Waals surface area contributed by atoms with E-state index in [1.165, 1.54) is 45.2 Å². The maximum absolute atomic E-state index is 11.7. The summed E-state index contributed by atoms with van der Waals surface area (Å²) in [7, 11) is 0. The van der Waals surface area contributed by atoms with Crippen molar-refractivity contribution in [2.24, 2.45) is 5.92 Å². The summed E-state index contributed by atoms with van der Waals surface area (Å²) in [6.45, 7) is 3.51. The zero-order chi connectivity index (χ0) is 10.5. The second-order valence-electron chi connectivity index (χ2n) is 5.12. The van der Waals surface area contributed by atoms with Crippen LogP contribution in [-0.4, -0.2) is 30.3 Å². The average molecular weight is 209 g/mol. The molecule has 1 aliphatic heterocycles. The van der Waals surface area contributed by atoms with Gasteiger partial charge in [0.1, 0.15) is 5.78 Å². The normalized spacial score (nSPS) is 30.1. The average Bonchev–Trinajstić information content (AvgIpc) is 2.50. The maximum Gasteiger partial charge on any atom is 0.137 e. The Morgan fingerprint density at radius 2 is 1.73 bits per heavy atom. The van der Waals surface area contributed by atoms with E-state index in [-0.39, 0.29) is 0 Å². The Morgan fingerprint density at radius 3 is 2.40 bits per heavy atom. The Labute approximate surface area is 93.0 Å². The predicted octanol–water partition coefficient (Wildman–Crippen LogP) is 2.62. The molecule has 0 unspecified atom stereocenters. The van der Waals surface area contributed by atoms with Crippen LogP contribution in [0.1, 0.15) is 51.4 Å². The number of Topliss-reactive ketones (excluding diaryl/α,β-unsaturated/α-hetero) is 1. The summed E-state index contributed by atoms with van der Waals surface area (Å²) in [5.41, 5.74) is 0. The molecule has 0 N–H and O–H groups in total. The van der Waals surface area contributed by atoms with Crippen LogP contribution < -0.4 is 0 Å². The number of carbonyl (C=O) groups excluding carboxylic acids is 1. The summed E-state index contributed by atoms with van der Waals surface area (Å²) < 4.78 is 0. The monoisotopic (exact) mass is 209 g/mol. The highest BCUT2D eigenvalue weighted by molar-refractivity contribution is 5.81. The quantitative estimate of drug-likeness (QED) is 0.697. The predicted molar refractivity (Wildman–Crippen MR) is 61.9 cm³/mol. The highest BCUT2D eigenvalue weighted by atomic mass is 16.1. The van der Waals surface area contributed by atoms with E-state index >= 15 is 0 Å². The molecule has 0 radical (unpaired) electrons. The molecule has 1 heterocycles. The van der Waals surface area contributed by atoms with Gasteiger partial charge in [-0.3, -0.25) is 4.79 Å². The highest BCUT2D eigenvalue weighted by Gasteiger charge is 2.24. The van der Waals surface area contributed by atoms with Crippen molar-refractivity contribution in [1.29, 1.82) is 0 Å². The lowest BCUT2D eigenvalue weighted by atomic mass is 9.87. The first-order chi connectivity index (χ1) is 7.36. The molecule has 0 aromatic rings. The molecule has 1 saturated carbocycles. The summed E-state index contributed by atoms with van der Waals surface area (Å²) >= 11 is 0. The van der Waals surface area contributed by atoms with Crippen molar-refractivity contribution < 1.29 is 4.79 Å². The molecule has 2 fully saturated rings. The molecule has 2 aliphatic rings. The van der Waals surface area contributed by atoms with Gasteiger partial charge in [0.25, 0.3) is 0 Å². The van der Waals surface area contributed by atoms with E-state index in [4.69, 9.17) is 0 Å². The van der Waals surface area contributed by atoms with Gasteiger partial charge in [0.15, 0.2) is 0 Å². The lowest BCUT2D eigenvalue weighted by molar-refractivity contribution is -0.125. The van der Waals surface area contributed by atoms with E-state index < -0.39 is 0 Å². The van der Waals surface area contributed by atoms with E-state index in [2.05, 4.69) is 4.90 Å². The molecular weight excluding hydrogens is 186 g/mol. The summed E-state index contributed by atoms with van der Waals surface area (Å²) in [6, 6.07) is 0. The minimum absolute atomic E-state index is 0.372. The van der Waals surface area contributed by atoms with E-state index in [1.54, 1.807) is 0 Å². The standard InChI is InChI=1S/C13H23NO/c15-13-8-4-3-7-12(13)11-14-9-5-1-2-6-10-14/h12H,1-11H2/t12-/m0/s1. The van der Waals surface area contributed by atoms with Crippen molar-refractivity contribution >= 4 is 5.78 Å². The molecule has 1 atom stereocenters. The molecule has 2 nitrogen and oxygen atoms in total. The van der Waals surface area contributed by atoms with Crippen LogP contribution in [0, 0.1) is 5.92 Å². The first-order valence-corrected chi connectivity index (χ1v) is 6.61. The molecule has 15 heavy (non-hydrogen) atoms. The fraction of sp³-hybridized carbons (Fsp3) is 0.923. The van der Waals surface area contributed by atoms with Gasteiger partial charge in [0, 0.05) is 18.9 Å². The smallest absolute Gasteiger partial charge is 0.137 e. The van der Waals surface area contributed by atoms with E-state index in [9.17, 15) is 4.79 Å². The van der Waals surface area contributed by atoms with Crippen LogP contribution in [0.2, 0.25) is 0 Å². The molecule has 0 amide bonds. The molecule has 0 bridgehead atoms. The van der Waals surface area contributed by atoms with Crippen molar-refractivity contribution in [3.05, 3.63) is 0 Å². The fourth-order valence-corrected chi connectivity index (χ4v) is 2.88. The molecule has 2 rings (SSSR count). The van der Waals surface area contributed by atoms with Crippen LogP contribution >= 0.6 is 0 Å². The number of hydrogen-bond donors (Lipinski definition) is 0. The first-order valence-electron chi connectivity index (χ1n) is 6.61.